The summed E-state index contributed by atoms with van der Waals surface area (Å²) in [6.45, 7) is 6.25. The van der Waals surface area contributed by atoms with Crippen LogP contribution in [0.2, 0.25) is 0 Å². The van der Waals surface area contributed by atoms with E-state index >= 15 is 0 Å². The van der Waals surface area contributed by atoms with Crippen molar-refractivity contribution in [3.63, 3.8) is 0 Å². The van der Waals surface area contributed by atoms with Crippen molar-refractivity contribution in [3.05, 3.63) is 34.9 Å². The Balaban J connectivity index is 2.61. The zero-order chi connectivity index (χ0) is 14.9. The highest BCUT2D eigenvalue weighted by Crippen LogP contribution is 2.34. The fourth-order valence-corrected chi connectivity index (χ4v) is 2.44. The molecule has 0 spiro atoms. The Morgan fingerprint density at radius 2 is 2.10 bits per heavy atom. The first-order valence-electron chi connectivity index (χ1n) is 6.71. The number of esters is 1. The van der Waals surface area contributed by atoms with Gasteiger partial charge in [-0.15, -0.1) is 0 Å². The summed E-state index contributed by atoms with van der Waals surface area (Å²) >= 11 is 0. The molecule has 1 unspecified atom stereocenters. The van der Waals surface area contributed by atoms with Gasteiger partial charge in [-0.1, -0.05) is 13.8 Å². The minimum atomic E-state index is -0.411. The molecule has 20 heavy (non-hydrogen) atoms. The molecule has 0 fully saturated rings. The fraction of sp³-hybridized carbons (Fsp3) is 0.375. The normalized spacial score (nSPS) is 17.4. The highest BCUT2D eigenvalue weighted by molar-refractivity contribution is 5.98. The number of nitrogens with two attached hydrogens (primary N) is 1. The summed E-state index contributed by atoms with van der Waals surface area (Å²) in [6.07, 6.45) is 3.79. The first kappa shape index (κ1) is 14.3. The van der Waals surface area contributed by atoms with Gasteiger partial charge in [0, 0.05) is 11.9 Å². The number of nitrogen functional groups attached to an aromatic ring is 1. The summed E-state index contributed by atoms with van der Waals surface area (Å²) in [4.78, 5) is 16.2. The summed E-state index contributed by atoms with van der Waals surface area (Å²) in [5.74, 6) is -0.0982. The van der Waals surface area contributed by atoms with Crippen molar-refractivity contribution in [2.75, 3.05) is 12.8 Å². The molecule has 1 atom stereocenters. The molecule has 0 saturated heterocycles. The second-order valence-corrected chi connectivity index (χ2v) is 5.27. The molecule has 0 aromatic heterocycles. The number of aliphatic imine (C=N–C) groups is 1. The van der Waals surface area contributed by atoms with Gasteiger partial charge in [-0.25, -0.2) is 4.79 Å². The number of rotatable bonds is 3. The van der Waals surface area contributed by atoms with Crippen LogP contribution in [0.5, 0.6) is 0 Å². The topological polar surface area (TPSA) is 64.7 Å². The van der Waals surface area contributed by atoms with Crippen LogP contribution in [-0.4, -0.2) is 25.3 Å². The quantitative estimate of drug-likeness (QED) is 0.679. The molecule has 0 saturated carbocycles. The summed E-state index contributed by atoms with van der Waals surface area (Å²) in [6, 6.07) is 3.80. The number of methoxy groups -OCH3 is 1. The largest absolute Gasteiger partial charge is 0.465 e. The third kappa shape index (κ3) is 2.46. The average molecular weight is 272 g/mol. The Labute approximate surface area is 119 Å². The molecule has 0 radical (unpaired) electrons. The van der Waals surface area contributed by atoms with Gasteiger partial charge in [-0.2, -0.15) is 0 Å². The second kappa shape index (κ2) is 5.49. The smallest absolute Gasteiger partial charge is 0.339 e. The number of hydrogen-bond donors (Lipinski definition) is 1. The van der Waals surface area contributed by atoms with Crippen LogP contribution in [0.1, 0.15) is 48.2 Å². The van der Waals surface area contributed by atoms with E-state index in [0.717, 1.165) is 16.7 Å². The van der Waals surface area contributed by atoms with Gasteiger partial charge in [0.15, 0.2) is 0 Å². The first-order valence-corrected chi connectivity index (χ1v) is 6.71. The molecule has 0 aliphatic carbocycles. The van der Waals surface area contributed by atoms with Gasteiger partial charge in [-0.05, 0) is 47.8 Å². The third-order valence-electron chi connectivity index (χ3n) is 3.57. The number of ether oxygens (including phenoxy) is 1. The van der Waals surface area contributed by atoms with Crippen LogP contribution in [0.4, 0.5) is 5.69 Å². The SMILES string of the molecule is COC(=O)c1cc(C2=CC=NC2C)c(C(C)C)cc1N. The molecule has 1 aromatic rings. The zero-order valence-corrected chi connectivity index (χ0v) is 12.3. The van der Waals surface area contributed by atoms with Crippen molar-refractivity contribution < 1.29 is 9.53 Å². The summed E-state index contributed by atoms with van der Waals surface area (Å²) in [7, 11) is 1.36. The molecule has 2 rings (SSSR count). The van der Waals surface area contributed by atoms with E-state index in [0.29, 0.717) is 17.2 Å². The Bertz CT molecular complexity index is 601. The Kier molecular flexibility index (Phi) is 3.93. The van der Waals surface area contributed by atoms with Crippen molar-refractivity contribution >= 4 is 23.4 Å². The van der Waals surface area contributed by atoms with Gasteiger partial charge in [0.25, 0.3) is 0 Å². The second-order valence-electron chi connectivity index (χ2n) is 5.27. The van der Waals surface area contributed by atoms with Crippen LogP contribution >= 0.6 is 0 Å². The van der Waals surface area contributed by atoms with Gasteiger partial charge < -0.3 is 10.5 Å². The van der Waals surface area contributed by atoms with Crippen LogP contribution in [0, 0.1) is 0 Å². The number of hydrogen-bond acceptors (Lipinski definition) is 4. The van der Waals surface area contributed by atoms with Gasteiger partial charge in [-0.3, -0.25) is 4.99 Å². The van der Waals surface area contributed by atoms with E-state index in [9.17, 15) is 4.79 Å². The molecule has 0 amide bonds. The minimum Gasteiger partial charge on any atom is -0.465 e. The molecule has 0 bridgehead atoms. The van der Waals surface area contributed by atoms with Crippen LogP contribution < -0.4 is 5.73 Å². The highest BCUT2D eigenvalue weighted by Gasteiger charge is 2.21. The molecule has 4 heteroatoms. The lowest BCUT2D eigenvalue weighted by atomic mass is 9.88. The van der Waals surface area contributed by atoms with Gasteiger partial charge in [0.05, 0.1) is 18.7 Å². The highest BCUT2D eigenvalue weighted by atomic mass is 16.5. The Hall–Kier alpha value is -2.10. The van der Waals surface area contributed by atoms with E-state index in [4.69, 9.17) is 10.5 Å². The number of nitrogens with zero attached hydrogens (tertiary/aromatic N) is 1. The summed E-state index contributed by atoms with van der Waals surface area (Å²) in [5.41, 5.74) is 10.1. The molecule has 2 N–H and O–H groups in total. The molecular formula is C16H20N2O2. The minimum absolute atomic E-state index is 0.0987. The monoisotopic (exact) mass is 272 g/mol. The maximum Gasteiger partial charge on any atom is 0.339 e. The van der Waals surface area contributed by atoms with E-state index in [2.05, 4.69) is 18.8 Å². The lowest BCUT2D eigenvalue weighted by molar-refractivity contribution is 0.0602. The van der Waals surface area contributed by atoms with Crippen LogP contribution in [0.15, 0.2) is 23.2 Å². The number of allylic oxidation sites excluding steroid dienone is 1. The van der Waals surface area contributed by atoms with Crippen molar-refractivity contribution in [2.24, 2.45) is 4.99 Å². The Morgan fingerprint density at radius 1 is 1.40 bits per heavy atom. The number of carbonyl (C=O) groups excluding carboxylic acids is 1. The lowest BCUT2D eigenvalue weighted by Gasteiger charge is -2.18. The molecular weight excluding hydrogens is 252 g/mol. The van der Waals surface area contributed by atoms with E-state index in [-0.39, 0.29) is 6.04 Å². The van der Waals surface area contributed by atoms with Crippen LogP contribution in [-0.2, 0) is 4.74 Å². The van der Waals surface area contributed by atoms with Gasteiger partial charge in [0.1, 0.15) is 0 Å². The van der Waals surface area contributed by atoms with Crippen LogP contribution in [0.3, 0.4) is 0 Å². The zero-order valence-electron chi connectivity index (χ0n) is 12.3. The Morgan fingerprint density at radius 3 is 2.60 bits per heavy atom. The van der Waals surface area contributed by atoms with E-state index < -0.39 is 5.97 Å². The molecule has 4 nitrogen and oxygen atoms in total. The van der Waals surface area contributed by atoms with Crippen molar-refractivity contribution in [2.45, 2.75) is 32.7 Å². The van der Waals surface area contributed by atoms with Gasteiger partial charge >= 0.3 is 5.97 Å². The lowest BCUT2D eigenvalue weighted by Crippen LogP contribution is -2.10. The van der Waals surface area contributed by atoms with Crippen molar-refractivity contribution in [3.8, 4) is 0 Å². The summed E-state index contributed by atoms with van der Waals surface area (Å²) in [5, 5.41) is 0. The first-order chi connectivity index (χ1) is 9.45. The van der Waals surface area contributed by atoms with Crippen molar-refractivity contribution in [1.29, 1.82) is 0 Å². The number of benzene rings is 1. The molecule has 1 aliphatic heterocycles. The van der Waals surface area contributed by atoms with Crippen molar-refractivity contribution in [1.82, 2.24) is 0 Å². The predicted octanol–water partition coefficient (Wildman–Crippen LogP) is 3.04. The molecule has 1 aliphatic rings. The number of carbonyl (C=O) groups is 1. The van der Waals surface area contributed by atoms with E-state index in [1.165, 1.54) is 7.11 Å². The maximum absolute atomic E-state index is 11.8. The van der Waals surface area contributed by atoms with Gasteiger partial charge in [0.2, 0.25) is 0 Å². The standard InChI is InChI=1S/C16H20N2O2/c1-9(2)12-8-15(17)14(16(19)20-4)7-13(12)11-5-6-18-10(11)3/h5-10H,17H2,1-4H3. The fourth-order valence-electron chi connectivity index (χ4n) is 2.44. The predicted molar refractivity (Wildman–Crippen MR) is 82.2 cm³/mol. The molecule has 106 valence electrons. The molecule has 1 heterocycles. The molecule has 1 aromatic carbocycles. The average Bonchev–Trinajstić information content (AvgIpc) is 2.83. The summed E-state index contributed by atoms with van der Waals surface area (Å²) < 4.78 is 4.79. The van der Waals surface area contributed by atoms with E-state index in [1.807, 2.05) is 25.1 Å². The maximum atomic E-state index is 11.8. The van der Waals surface area contributed by atoms with E-state index in [1.54, 1.807) is 6.21 Å². The van der Waals surface area contributed by atoms with Crippen LogP contribution in [0.25, 0.3) is 5.57 Å². The number of anilines is 1. The third-order valence-corrected chi connectivity index (χ3v) is 3.57.